The summed E-state index contributed by atoms with van der Waals surface area (Å²) >= 11 is 0. The number of ether oxygens (including phenoxy) is 1. The first-order valence-electron chi connectivity index (χ1n) is 7.72. The highest BCUT2D eigenvalue weighted by Crippen LogP contribution is 2.24. The molecule has 0 radical (unpaired) electrons. The summed E-state index contributed by atoms with van der Waals surface area (Å²) in [6.07, 6.45) is 8.11. The lowest BCUT2D eigenvalue weighted by Crippen LogP contribution is -2.15. The lowest BCUT2D eigenvalue weighted by Gasteiger charge is -2.14. The van der Waals surface area contributed by atoms with Crippen molar-refractivity contribution in [2.45, 2.75) is 57.6 Å². The van der Waals surface area contributed by atoms with E-state index in [0.717, 1.165) is 31.7 Å². The second-order valence-electron chi connectivity index (χ2n) is 5.46. The highest BCUT2D eigenvalue weighted by molar-refractivity contribution is 5.28. The average molecular weight is 272 g/mol. The number of rotatable bonds is 8. The molecule has 1 aromatic carbocycles. The number of nitriles is 1. The van der Waals surface area contributed by atoms with Gasteiger partial charge in [-0.15, -0.1) is 0 Å². The van der Waals surface area contributed by atoms with Gasteiger partial charge in [-0.05, 0) is 62.8 Å². The molecular weight excluding hydrogens is 248 g/mol. The second-order valence-corrected chi connectivity index (χ2v) is 5.46. The lowest BCUT2D eigenvalue weighted by molar-refractivity contribution is 0.210. The van der Waals surface area contributed by atoms with E-state index in [-0.39, 0.29) is 0 Å². The molecule has 0 spiro atoms. The Morgan fingerprint density at radius 2 is 2.10 bits per heavy atom. The molecule has 1 fully saturated rings. The van der Waals surface area contributed by atoms with Crippen molar-refractivity contribution in [3.63, 3.8) is 0 Å². The van der Waals surface area contributed by atoms with Crippen molar-refractivity contribution >= 4 is 0 Å². The monoisotopic (exact) mass is 272 g/mol. The first-order chi connectivity index (χ1) is 9.88. The van der Waals surface area contributed by atoms with Crippen LogP contribution in [0.2, 0.25) is 0 Å². The maximum absolute atomic E-state index is 8.46. The molecule has 1 aromatic rings. The van der Waals surface area contributed by atoms with Gasteiger partial charge in [0.05, 0.1) is 12.2 Å². The van der Waals surface area contributed by atoms with Crippen molar-refractivity contribution < 1.29 is 4.74 Å². The van der Waals surface area contributed by atoms with Crippen LogP contribution in [-0.2, 0) is 6.54 Å². The maximum atomic E-state index is 8.46. The minimum atomic E-state index is 0.421. The number of hydrogen-bond acceptors (Lipinski definition) is 3. The van der Waals surface area contributed by atoms with Crippen LogP contribution in [0, 0.1) is 11.3 Å². The smallest absolute Gasteiger partial charge is 0.120 e. The molecule has 0 aliphatic heterocycles. The Morgan fingerprint density at radius 3 is 2.90 bits per heavy atom. The highest BCUT2D eigenvalue weighted by atomic mass is 16.5. The number of hydrogen-bond donors (Lipinski definition) is 1. The van der Waals surface area contributed by atoms with Crippen LogP contribution in [0.5, 0.6) is 5.75 Å². The van der Waals surface area contributed by atoms with E-state index < -0.39 is 0 Å². The summed E-state index contributed by atoms with van der Waals surface area (Å²) in [5.41, 5.74) is 1.26. The van der Waals surface area contributed by atoms with Gasteiger partial charge < -0.3 is 10.1 Å². The summed E-state index contributed by atoms with van der Waals surface area (Å²) in [5, 5.41) is 11.9. The van der Waals surface area contributed by atoms with E-state index in [1.807, 2.05) is 0 Å². The summed E-state index contributed by atoms with van der Waals surface area (Å²) in [4.78, 5) is 0. The van der Waals surface area contributed by atoms with E-state index in [1.165, 1.54) is 31.2 Å². The normalized spacial score (nSPS) is 15.2. The zero-order valence-corrected chi connectivity index (χ0v) is 12.1. The number of nitrogens with one attached hydrogen (secondary N) is 1. The zero-order chi connectivity index (χ0) is 14.0. The van der Waals surface area contributed by atoms with Crippen molar-refractivity contribution in [2.75, 3.05) is 6.54 Å². The van der Waals surface area contributed by atoms with Crippen molar-refractivity contribution in [1.82, 2.24) is 5.32 Å². The molecule has 2 rings (SSSR count). The van der Waals surface area contributed by atoms with Gasteiger partial charge in [0.25, 0.3) is 0 Å². The van der Waals surface area contributed by atoms with Crippen molar-refractivity contribution in [1.29, 1.82) is 5.26 Å². The summed E-state index contributed by atoms with van der Waals surface area (Å²) in [7, 11) is 0. The zero-order valence-electron chi connectivity index (χ0n) is 12.1. The molecule has 1 saturated carbocycles. The predicted molar refractivity (Wildman–Crippen MR) is 80.5 cm³/mol. The van der Waals surface area contributed by atoms with E-state index in [0.29, 0.717) is 12.5 Å². The van der Waals surface area contributed by atoms with Crippen molar-refractivity contribution in [3.8, 4) is 11.8 Å². The van der Waals surface area contributed by atoms with Gasteiger partial charge >= 0.3 is 0 Å². The fourth-order valence-electron chi connectivity index (χ4n) is 2.61. The first kappa shape index (κ1) is 14.9. The number of benzene rings is 1. The summed E-state index contributed by atoms with van der Waals surface area (Å²) in [6, 6.07) is 10.6. The number of nitrogens with zero attached hydrogens (tertiary/aromatic N) is 1. The molecule has 3 nitrogen and oxygen atoms in total. The Balaban J connectivity index is 1.70. The minimum absolute atomic E-state index is 0.421. The lowest BCUT2D eigenvalue weighted by atomic mass is 10.2. The van der Waals surface area contributed by atoms with E-state index in [1.54, 1.807) is 0 Å². The van der Waals surface area contributed by atoms with Gasteiger partial charge in [0, 0.05) is 13.0 Å². The van der Waals surface area contributed by atoms with Crippen LogP contribution in [0.4, 0.5) is 0 Å². The van der Waals surface area contributed by atoms with Gasteiger partial charge in [-0.2, -0.15) is 5.26 Å². The van der Waals surface area contributed by atoms with Crippen LogP contribution < -0.4 is 10.1 Å². The molecule has 0 saturated heterocycles. The molecule has 0 heterocycles. The summed E-state index contributed by atoms with van der Waals surface area (Å²) in [6.45, 7) is 1.84. The molecule has 0 atom stereocenters. The van der Waals surface area contributed by atoms with Crippen LogP contribution in [0.25, 0.3) is 0 Å². The van der Waals surface area contributed by atoms with Crippen LogP contribution in [0.15, 0.2) is 24.3 Å². The molecule has 0 amide bonds. The summed E-state index contributed by atoms with van der Waals surface area (Å²) in [5.74, 6) is 1.00. The third-order valence-electron chi connectivity index (χ3n) is 3.72. The fourth-order valence-corrected chi connectivity index (χ4v) is 2.61. The van der Waals surface area contributed by atoms with Gasteiger partial charge in [-0.3, -0.25) is 0 Å². The Bertz CT molecular complexity index is 433. The highest BCUT2D eigenvalue weighted by Gasteiger charge is 2.16. The predicted octanol–water partition coefficient (Wildman–Crippen LogP) is 3.79. The van der Waals surface area contributed by atoms with Gasteiger partial charge in [0.1, 0.15) is 5.75 Å². The molecule has 3 heteroatoms. The van der Waals surface area contributed by atoms with Gasteiger partial charge in [0.2, 0.25) is 0 Å². The quantitative estimate of drug-likeness (QED) is 0.732. The first-order valence-corrected chi connectivity index (χ1v) is 7.72. The Kier molecular flexibility index (Phi) is 6.40. The van der Waals surface area contributed by atoms with Crippen LogP contribution in [0.3, 0.4) is 0 Å². The van der Waals surface area contributed by atoms with Gasteiger partial charge in [-0.1, -0.05) is 12.1 Å². The Hall–Kier alpha value is -1.53. The van der Waals surface area contributed by atoms with Gasteiger partial charge in [-0.25, -0.2) is 0 Å². The van der Waals surface area contributed by atoms with Crippen LogP contribution in [0.1, 0.15) is 50.5 Å². The van der Waals surface area contributed by atoms with Gasteiger partial charge in [0.15, 0.2) is 0 Å². The Morgan fingerprint density at radius 1 is 1.25 bits per heavy atom. The molecule has 108 valence electrons. The van der Waals surface area contributed by atoms with Crippen LogP contribution >= 0.6 is 0 Å². The van der Waals surface area contributed by atoms with E-state index in [9.17, 15) is 0 Å². The van der Waals surface area contributed by atoms with Crippen molar-refractivity contribution in [3.05, 3.63) is 29.8 Å². The molecule has 0 aromatic heterocycles. The third-order valence-corrected chi connectivity index (χ3v) is 3.72. The molecule has 0 unspecified atom stereocenters. The molecule has 20 heavy (non-hydrogen) atoms. The second kappa shape index (κ2) is 8.60. The van der Waals surface area contributed by atoms with Crippen molar-refractivity contribution in [2.24, 2.45) is 0 Å². The van der Waals surface area contributed by atoms with Crippen LogP contribution in [-0.4, -0.2) is 12.6 Å². The maximum Gasteiger partial charge on any atom is 0.120 e. The Labute approximate surface area is 121 Å². The molecule has 1 aliphatic rings. The van der Waals surface area contributed by atoms with E-state index in [4.69, 9.17) is 10.00 Å². The molecular formula is C17H24N2O. The molecule has 1 N–H and O–H groups in total. The largest absolute Gasteiger partial charge is 0.490 e. The number of unbranched alkanes of at least 4 members (excludes halogenated alkanes) is 2. The summed E-state index contributed by atoms with van der Waals surface area (Å²) < 4.78 is 6.01. The fraction of sp³-hybridized carbons (Fsp3) is 0.588. The van der Waals surface area contributed by atoms with E-state index >= 15 is 0 Å². The SMILES string of the molecule is N#CCCCCNCc1cccc(OC2CCCC2)c1. The third kappa shape index (κ3) is 5.22. The topological polar surface area (TPSA) is 45.0 Å². The average Bonchev–Trinajstić information content (AvgIpc) is 2.96. The molecule has 0 bridgehead atoms. The van der Waals surface area contributed by atoms with E-state index in [2.05, 4.69) is 35.7 Å². The minimum Gasteiger partial charge on any atom is -0.490 e. The standard InChI is InChI=1S/C17H24N2O/c18-11-4-1-5-12-19-14-15-7-6-10-17(13-15)20-16-8-2-3-9-16/h6-7,10,13,16,19H,1-5,8-9,12,14H2. The molecule has 1 aliphatic carbocycles.